The van der Waals surface area contributed by atoms with Crippen molar-refractivity contribution in [3.8, 4) is 44.5 Å². The van der Waals surface area contributed by atoms with E-state index in [4.69, 9.17) is 4.42 Å². The second-order valence-corrected chi connectivity index (χ2v) is 18.0. The van der Waals surface area contributed by atoms with Crippen molar-refractivity contribution in [2.75, 3.05) is 0 Å². The summed E-state index contributed by atoms with van der Waals surface area (Å²) in [5, 5.41) is 4.72. The summed E-state index contributed by atoms with van der Waals surface area (Å²) in [5.74, 6) is -0.0788. The van der Waals surface area contributed by atoms with Crippen LogP contribution in [0.5, 0.6) is 0 Å². The topological polar surface area (TPSA) is 13.1 Å². The lowest BCUT2D eigenvalue weighted by Crippen LogP contribution is -2.16. The Balaban J connectivity index is 1.14. The zero-order valence-electron chi connectivity index (χ0n) is 34.4. The Kier molecular flexibility index (Phi) is 7.45. The lowest BCUT2D eigenvalue weighted by atomic mass is 9.77. The molecule has 1 aromatic heterocycles. The van der Waals surface area contributed by atoms with Crippen molar-refractivity contribution in [1.29, 1.82) is 0 Å². The van der Waals surface area contributed by atoms with Crippen LogP contribution in [0.2, 0.25) is 0 Å². The molecular formula is C59H44O. The van der Waals surface area contributed by atoms with Gasteiger partial charge in [0.05, 0.1) is 0 Å². The second kappa shape index (κ2) is 12.8. The lowest BCUT2D eigenvalue weighted by Gasteiger charge is -2.26. The molecule has 2 aliphatic carbocycles. The highest BCUT2D eigenvalue weighted by molar-refractivity contribution is 6.19. The summed E-state index contributed by atoms with van der Waals surface area (Å²) < 4.78 is 7.21. The van der Waals surface area contributed by atoms with Crippen molar-refractivity contribution < 1.29 is 4.42 Å². The van der Waals surface area contributed by atoms with Gasteiger partial charge in [-0.25, -0.2) is 0 Å². The predicted octanol–water partition coefficient (Wildman–Crippen LogP) is 15.9. The molecule has 1 heterocycles. The first kappa shape index (κ1) is 35.0. The molecule has 60 heavy (non-hydrogen) atoms. The molecule has 1 unspecified atom stereocenters. The Bertz CT molecular complexity index is 3380. The fourth-order valence-corrected chi connectivity index (χ4v) is 11.1. The van der Waals surface area contributed by atoms with E-state index in [-0.39, 0.29) is 16.7 Å². The van der Waals surface area contributed by atoms with E-state index >= 15 is 0 Å². The van der Waals surface area contributed by atoms with Gasteiger partial charge in [0.15, 0.2) is 0 Å². The van der Waals surface area contributed by atoms with Crippen molar-refractivity contribution in [3.05, 3.63) is 227 Å². The molecule has 1 atom stereocenters. The van der Waals surface area contributed by atoms with Gasteiger partial charge in [-0.2, -0.15) is 0 Å². The molecule has 2 aliphatic rings. The average molecular weight is 769 g/mol. The molecule has 0 saturated heterocycles. The number of fused-ring (bicyclic) bond motifs is 10. The Morgan fingerprint density at radius 2 is 0.983 bits per heavy atom. The Morgan fingerprint density at radius 1 is 0.400 bits per heavy atom. The van der Waals surface area contributed by atoms with Crippen LogP contribution in [0.4, 0.5) is 0 Å². The van der Waals surface area contributed by atoms with Crippen LogP contribution in [0, 0.1) is 0 Å². The molecule has 0 N–H and O–H groups in total. The molecule has 286 valence electrons. The van der Waals surface area contributed by atoms with Crippen LogP contribution in [0.1, 0.15) is 72.6 Å². The molecule has 0 fully saturated rings. The zero-order valence-corrected chi connectivity index (χ0v) is 34.4. The van der Waals surface area contributed by atoms with Gasteiger partial charge in [-0.05, 0) is 107 Å². The minimum atomic E-state index is -0.126. The monoisotopic (exact) mass is 768 g/mol. The van der Waals surface area contributed by atoms with E-state index in [9.17, 15) is 0 Å². The van der Waals surface area contributed by atoms with Gasteiger partial charge in [0, 0.05) is 33.1 Å². The lowest BCUT2D eigenvalue weighted by molar-refractivity contribution is 0.659. The fraction of sp³-hybridized carbons (Fsp3) is 0.119. The quantitative estimate of drug-likeness (QED) is 0.159. The Morgan fingerprint density at radius 3 is 1.73 bits per heavy atom. The number of hydrogen-bond donors (Lipinski definition) is 0. The van der Waals surface area contributed by atoms with Crippen LogP contribution in [0.15, 0.2) is 192 Å². The predicted molar refractivity (Wildman–Crippen MR) is 251 cm³/mol. The van der Waals surface area contributed by atoms with Crippen LogP contribution < -0.4 is 0 Å². The van der Waals surface area contributed by atoms with Gasteiger partial charge >= 0.3 is 0 Å². The number of rotatable bonds is 5. The summed E-state index contributed by atoms with van der Waals surface area (Å²) in [4.78, 5) is 0. The third-order valence-electron chi connectivity index (χ3n) is 14.0. The third kappa shape index (κ3) is 4.93. The van der Waals surface area contributed by atoms with E-state index in [1.807, 2.05) is 0 Å². The van der Waals surface area contributed by atoms with E-state index in [0.29, 0.717) is 0 Å². The largest absolute Gasteiger partial charge is 0.455 e. The van der Waals surface area contributed by atoms with Gasteiger partial charge in [-0.15, -0.1) is 0 Å². The summed E-state index contributed by atoms with van der Waals surface area (Å²) in [6, 6.07) is 70.0. The minimum Gasteiger partial charge on any atom is -0.455 e. The van der Waals surface area contributed by atoms with E-state index in [1.165, 1.54) is 94.0 Å². The highest BCUT2D eigenvalue weighted by atomic mass is 16.3. The van der Waals surface area contributed by atoms with Crippen molar-refractivity contribution >= 4 is 32.7 Å². The molecular weight excluding hydrogens is 725 g/mol. The van der Waals surface area contributed by atoms with E-state index in [2.05, 4.69) is 216 Å². The highest BCUT2D eigenvalue weighted by Crippen LogP contribution is 2.53. The van der Waals surface area contributed by atoms with Crippen LogP contribution in [0.25, 0.3) is 77.2 Å². The molecule has 1 nitrogen and oxygen atoms in total. The summed E-state index contributed by atoms with van der Waals surface area (Å²) in [7, 11) is 0. The van der Waals surface area contributed by atoms with Gasteiger partial charge in [0.25, 0.3) is 0 Å². The molecule has 9 aromatic carbocycles. The van der Waals surface area contributed by atoms with Gasteiger partial charge < -0.3 is 4.42 Å². The number of benzene rings is 9. The Hall–Kier alpha value is -6.96. The van der Waals surface area contributed by atoms with Crippen molar-refractivity contribution in [2.24, 2.45) is 0 Å². The maximum absolute atomic E-state index is 7.21. The average Bonchev–Trinajstić information content (AvgIpc) is 3.85. The first-order valence-corrected chi connectivity index (χ1v) is 21.3. The van der Waals surface area contributed by atoms with Crippen LogP contribution >= 0.6 is 0 Å². The SMILES string of the molecule is CC1(C)c2ccccc2-c2ccc(-c3c4ccccc4cc4c3oc3cccc(C(c5ccc6c(c5)C(C)(C)c5ccccc5-6)c5ccccc5-c5ccccc5)c34)cc21. The normalized spacial score (nSPS) is 14.9. The van der Waals surface area contributed by atoms with Crippen LogP contribution in [0.3, 0.4) is 0 Å². The number of furan rings is 1. The molecule has 0 radical (unpaired) electrons. The van der Waals surface area contributed by atoms with Crippen LogP contribution in [-0.2, 0) is 10.8 Å². The maximum Gasteiger partial charge on any atom is 0.143 e. The van der Waals surface area contributed by atoms with Crippen molar-refractivity contribution in [3.63, 3.8) is 0 Å². The smallest absolute Gasteiger partial charge is 0.143 e. The fourth-order valence-electron chi connectivity index (χ4n) is 11.1. The molecule has 0 bridgehead atoms. The Labute approximate surface area is 351 Å². The second-order valence-electron chi connectivity index (χ2n) is 18.0. The molecule has 10 aromatic rings. The zero-order chi connectivity index (χ0) is 40.3. The van der Waals surface area contributed by atoms with Crippen molar-refractivity contribution in [1.82, 2.24) is 0 Å². The summed E-state index contributed by atoms with van der Waals surface area (Å²) in [5.41, 5.74) is 21.0. The van der Waals surface area contributed by atoms with Crippen LogP contribution in [-0.4, -0.2) is 0 Å². The van der Waals surface area contributed by atoms with Crippen molar-refractivity contribution in [2.45, 2.75) is 44.4 Å². The number of hydrogen-bond acceptors (Lipinski definition) is 1. The van der Waals surface area contributed by atoms with Gasteiger partial charge in [0.2, 0.25) is 0 Å². The summed E-state index contributed by atoms with van der Waals surface area (Å²) in [6.07, 6.45) is 0. The third-order valence-corrected chi connectivity index (χ3v) is 14.0. The standard InChI is InChI=1S/C59H44O/c1-58(2)49-26-14-12-22-42(49)44-31-29-38(34-51(44)58)54(46-24-11-10-20-40(46)36-17-6-5-7-18-36)47-25-16-28-53-56(47)48-33-37-19-8-9-21-41(37)55(57(48)60-53)39-30-32-45-43-23-13-15-27-50(43)59(3,4)52(45)35-39/h5-35,54H,1-4H3. The van der Waals surface area contributed by atoms with E-state index in [1.54, 1.807) is 0 Å². The molecule has 0 saturated carbocycles. The molecule has 12 rings (SSSR count). The summed E-state index contributed by atoms with van der Waals surface area (Å²) >= 11 is 0. The maximum atomic E-state index is 7.21. The first-order valence-electron chi connectivity index (χ1n) is 21.3. The summed E-state index contributed by atoms with van der Waals surface area (Å²) in [6.45, 7) is 9.48. The highest BCUT2D eigenvalue weighted by Gasteiger charge is 2.38. The van der Waals surface area contributed by atoms with Gasteiger partial charge in [-0.3, -0.25) is 0 Å². The van der Waals surface area contributed by atoms with E-state index in [0.717, 1.165) is 22.1 Å². The van der Waals surface area contributed by atoms with Gasteiger partial charge in [0.1, 0.15) is 11.2 Å². The molecule has 0 amide bonds. The molecule has 1 heteroatoms. The minimum absolute atomic E-state index is 0.0788. The molecule has 0 aliphatic heterocycles. The molecule has 0 spiro atoms. The first-order chi connectivity index (χ1) is 29.3. The van der Waals surface area contributed by atoms with Gasteiger partial charge in [-0.1, -0.05) is 198 Å². The van der Waals surface area contributed by atoms with E-state index < -0.39 is 0 Å².